The number of nitrogens with two attached hydrogens (primary N) is 1. The molecule has 1 saturated heterocycles. The van der Waals surface area contributed by atoms with E-state index in [1.807, 2.05) is 6.07 Å². The molecule has 5 nitrogen and oxygen atoms in total. The van der Waals surface area contributed by atoms with Crippen molar-refractivity contribution in [3.63, 3.8) is 0 Å². The molecule has 2 rings (SSSR count). The molecule has 0 bridgehead atoms. The molecular formula is C13H19N3O2. The van der Waals surface area contributed by atoms with E-state index in [1.54, 1.807) is 12.3 Å². The molecule has 1 aromatic rings. The maximum Gasteiger partial charge on any atom is 0.356 e. The van der Waals surface area contributed by atoms with Gasteiger partial charge in [0.2, 0.25) is 0 Å². The lowest BCUT2D eigenvalue weighted by molar-refractivity contribution is 0.0594. The number of carbonyl (C=O) groups excluding carboxylic acids is 1. The van der Waals surface area contributed by atoms with Gasteiger partial charge in [0.1, 0.15) is 5.69 Å². The number of carbonyl (C=O) groups is 1. The molecule has 1 unspecified atom stereocenters. The zero-order valence-corrected chi connectivity index (χ0v) is 10.6. The van der Waals surface area contributed by atoms with Crippen molar-refractivity contribution >= 4 is 11.7 Å². The number of nitrogens with zero attached hydrogens (tertiary/aromatic N) is 2. The first kappa shape index (κ1) is 12.8. The van der Waals surface area contributed by atoms with Crippen LogP contribution in [0.25, 0.3) is 0 Å². The first-order valence-corrected chi connectivity index (χ1v) is 6.27. The molecule has 0 spiro atoms. The third-order valence-corrected chi connectivity index (χ3v) is 3.37. The molecule has 98 valence electrons. The van der Waals surface area contributed by atoms with E-state index in [1.165, 1.54) is 13.5 Å². The summed E-state index contributed by atoms with van der Waals surface area (Å²) in [5.41, 5.74) is 7.15. The van der Waals surface area contributed by atoms with Crippen LogP contribution in [0.4, 0.5) is 5.69 Å². The van der Waals surface area contributed by atoms with Gasteiger partial charge in [-0.2, -0.15) is 0 Å². The number of rotatable bonds is 3. The van der Waals surface area contributed by atoms with Crippen LogP contribution in [0.15, 0.2) is 18.3 Å². The predicted molar refractivity (Wildman–Crippen MR) is 69.6 cm³/mol. The van der Waals surface area contributed by atoms with Gasteiger partial charge < -0.3 is 15.4 Å². The second kappa shape index (κ2) is 5.82. The summed E-state index contributed by atoms with van der Waals surface area (Å²) in [6.45, 7) is 1.61. The van der Waals surface area contributed by atoms with Crippen molar-refractivity contribution in [2.45, 2.75) is 25.3 Å². The highest BCUT2D eigenvalue weighted by molar-refractivity contribution is 5.88. The fraction of sp³-hybridized carbons (Fsp3) is 0.538. The number of pyridine rings is 1. The summed E-state index contributed by atoms with van der Waals surface area (Å²) in [5, 5.41) is 0. The van der Waals surface area contributed by atoms with Crippen LogP contribution >= 0.6 is 0 Å². The van der Waals surface area contributed by atoms with E-state index >= 15 is 0 Å². The molecule has 0 aromatic carbocycles. The van der Waals surface area contributed by atoms with Crippen molar-refractivity contribution in [2.75, 3.05) is 25.1 Å². The zero-order chi connectivity index (χ0) is 13.0. The average molecular weight is 249 g/mol. The van der Waals surface area contributed by atoms with E-state index in [4.69, 9.17) is 5.73 Å². The highest BCUT2D eigenvalue weighted by Gasteiger charge is 2.22. The van der Waals surface area contributed by atoms with Gasteiger partial charge in [-0.1, -0.05) is 0 Å². The van der Waals surface area contributed by atoms with Crippen LogP contribution in [0.5, 0.6) is 0 Å². The van der Waals surface area contributed by atoms with Crippen LogP contribution in [0, 0.1) is 0 Å². The predicted octanol–water partition coefficient (Wildman–Crippen LogP) is 1.19. The molecule has 1 aliphatic rings. The molecule has 0 saturated carbocycles. The molecule has 1 atom stereocenters. The molecule has 5 heteroatoms. The standard InChI is InChI=1S/C13H19N3O2/c1-18-13(17)12-8-10(5-6-15-12)16-7-3-2-4-11(16)9-14/h5-6,8,11H,2-4,7,9,14H2,1H3. The third kappa shape index (κ3) is 2.61. The summed E-state index contributed by atoms with van der Waals surface area (Å²) in [5.74, 6) is -0.404. The van der Waals surface area contributed by atoms with Crippen molar-refractivity contribution in [1.29, 1.82) is 0 Å². The Labute approximate surface area is 107 Å². The van der Waals surface area contributed by atoms with E-state index in [0.29, 0.717) is 18.3 Å². The van der Waals surface area contributed by atoms with Crippen molar-refractivity contribution in [1.82, 2.24) is 4.98 Å². The van der Waals surface area contributed by atoms with Crippen molar-refractivity contribution < 1.29 is 9.53 Å². The van der Waals surface area contributed by atoms with Gasteiger partial charge >= 0.3 is 5.97 Å². The van der Waals surface area contributed by atoms with E-state index < -0.39 is 5.97 Å². The molecule has 0 amide bonds. The van der Waals surface area contributed by atoms with Crippen LogP contribution in [0.2, 0.25) is 0 Å². The topological polar surface area (TPSA) is 68.5 Å². The number of hydrogen-bond acceptors (Lipinski definition) is 5. The largest absolute Gasteiger partial charge is 0.464 e. The smallest absolute Gasteiger partial charge is 0.356 e. The summed E-state index contributed by atoms with van der Waals surface area (Å²) in [6.07, 6.45) is 5.12. The molecular weight excluding hydrogens is 230 g/mol. The first-order valence-electron chi connectivity index (χ1n) is 6.27. The monoisotopic (exact) mass is 249 g/mol. The minimum Gasteiger partial charge on any atom is -0.464 e. The van der Waals surface area contributed by atoms with E-state index in [-0.39, 0.29) is 0 Å². The summed E-state index contributed by atoms with van der Waals surface area (Å²) in [6, 6.07) is 4.05. The molecule has 0 radical (unpaired) electrons. The van der Waals surface area contributed by atoms with Crippen LogP contribution in [-0.4, -0.2) is 37.2 Å². The Morgan fingerprint density at radius 2 is 2.44 bits per heavy atom. The second-order valence-electron chi connectivity index (χ2n) is 4.47. The Bertz CT molecular complexity index is 422. The van der Waals surface area contributed by atoms with Crippen molar-refractivity contribution in [3.8, 4) is 0 Å². The molecule has 18 heavy (non-hydrogen) atoms. The SMILES string of the molecule is COC(=O)c1cc(N2CCCCC2CN)ccn1. The van der Waals surface area contributed by atoms with Crippen LogP contribution < -0.4 is 10.6 Å². The van der Waals surface area contributed by atoms with Crippen LogP contribution in [0.1, 0.15) is 29.8 Å². The number of ether oxygens (including phenoxy) is 1. The maximum atomic E-state index is 11.5. The average Bonchev–Trinajstić information content (AvgIpc) is 2.46. The lowest BCUT2D eigenvalue weighted by atomic mass is 10.0. The number of piperidine rings is 1. The summed E-state index contributed by atoms with van der Waals surface area (Å²) in [4.78, 5) is 17.8. The van der Waals surface area contributed by atoms with Gasteiger partial charge in [-0.3, -0.25) is 0 Å². The lowest BCUT2D eigenvalue weighted by Crippen LogP contribution is -2.44. The van der Waals surface area contributed by atoms with Crippen LogP contribution in [-0.2, 0) is 4.74 Å². The van der Waals surface area contributed by atoms with Gasteiger partial charge in [0.25, 0.3) is 0 Å². The Morgan fingerprint density at radius 3 is 3.17 bits per heavy atom. The van der Waals surface area contributed by atoms with Crippen LogP contribution in [0.3, 0.4) is 0 Å². The molecule has 1 aliphatic heterocycles. The minimum absolute atomic E-state index is 0.344. The number of anilines is 1. The van der Waals surface area contributed by atoms with E-state index in [2.05, 4.69) is 14.6 Å². The van der Waals surface area contributed by atoms with Gasteiger partial charge in [-0.25, -0.2) is 9.78 Å². The van der Waals surface area contributed by atoms with Gasteiger partial charge in [0.05, 0.1) is 7.11 Å². The third-order valence-electron chi connectivity index (χ3n) is 3.37. The highest BCUT2D eigenvalue weighted by atomic mass is 16.5. The summed E-state index contributed by atoms with van der Waals surface area (Å²) < 4.78 is 4.69. The molecule has 2 heterocycles. The molecule has 1 aromatic heterocycles. The normalized spacial score (nSPS) is 19.7. The number of esters is 1. The Balaban J connectivity index is 2.23. The number of hydrogen-bond donors (Lipinski definition) is 1. The van der Waals surface area contributed by atoms with Gasteiger partial charge in [0.15, 0.2) is 0 Å². The highest BCUT2D eigenvalue weighted by Crippen LogP contribution is 2.24. The van der Waals surface area contributed by atoms with Crippen molar-refractivity contribution in [2.24, 2.45) is 5.73 Å². The fourth-order valence-corrected chi connectivity index (χ4v) is 2.40. The maximum absolute atomic E-state index is 11.5. The molecule has 2 N–H and O–H groups in total. The zero-order valence-electron chi connectivity index (χ0n) is 10.6. The Morgan fingerprint density at radius 1 is 1.61 bits per heavy atom. The summed E-state index contributed by atoms with van der Waals surface area (Å²) in [7, 11) is 1.36. The van der Waals surface area contributed by atoms with Crippen molar-refractivity contribution in [3.05, 3.63) is 24.0 Å². The Hall–Kier alpha value is -1.62. The Kier molecular flexibility index (Phi) is 4.15. The van der Waals surface area contributed by atoms with E-state index in [0.717, 1.165) is 25.1 Å². The first-order chi connectivity index (χ1) is 8.76. The molecule has 0 aliphatic carbocycles. The lowest BCUT2D eigenvalue weighted by Gasteiger charge is -2.37. The van der Waals surface area contributed by atoms with Gasteiger partial charge in [-0.15, -0.1) is 0 Å². The second-order valence-corrected chi connectivity index (χ2v) is 4.47. The number of methoxy groups -OCH3 is 1. The fourth-order valence-electron chi connectivity index (χ4n) is 2.40. The quantitative estimate of drug-likeness (QED) is 0.815. The minimum atomic E-state index is -0.404. The molecule has 1 fully saturated rings. The summed E-state index contributed by atoms with van der Waals surface area (Å²) >= 11 is 0. The van der Waals surface area contributed by atoms with E-state index in [9.17, 15) is 4.79 Å². The van der Waals surface area contributed by atoms with Gasteiger partial charge in [0, 0.05) is 31.0 Å². The number of aromatic nitrogens is 1. The van der Waals surface area contributed by atoms with Gasteiger partial charge in [-0.05, 0) is 31.4 Å².